The Morgan fingerprint density at radius 2 is 2.11 bits per heavy atom. The van der Waals surface area contributed by atoms with Gasteiger partial charge >= 0.3 is 0 Å². The van der Waals surface area contributed by atoms with Crippen molar-refractivity contribution in [1.82, 2.24) is 10.1 Å². The van der Waals surface area contributed by atoms with Crippen LogP contribution < -0.4 is 5.73 Å². The Morgan fingerprint density at radius 1 is 1.42 bits per heavy atom. The lowest BCUT2D eigenvalue weighted by atomic mass is 10.2. The van der Waals surface area contributed by atoms with Gasteiger partial charge in [0.1, 0.15) is 15.9 Å². The molecule has 0 aliphatic carbocycles. The van der Waals surface area contributed by atoms with Crippen molar-refractivity contribution in [3.63, 3.8) is 0 Å². The molecule has 1 aromatic rings. The standard InChI is InChI=1S/C11H21N3O4S/c1-4-9(17-5-2)10-13-11(18-14-10)8(12)6-7-19(3,15)16/h8-9H,4-7,12H2,1-3H3. The lowest BCUT2D eigenvalue weighted by Crippen LogP contribution is -2.16. The molecule has 2 N–H and O–H groups in total. The van der Waals surface area contributed by atoms with Gasteiger partial charge in [0, 0.05) is 12.9 Å². The van der Waals surface area contributed by atoms with E-state index in [-0.39, 0.29) is 24.2 Å². The van der Waals surface area contributed by atoms with E-state index in [1.54, 1.807) is 0 Å². The molecule has 0 fully saturated rings. The highest BCUT2D eigenvalue weighted by Gasteiger charge is 2.21. The van der Waals surface area contributed by atoms with E-state index in [4.69, 9.17) is 15.0 Å². The van der Waals surface area contributed by atoms with Gasteiger partial charge < -0.3 is 15.0 Å². The van der Waals surface area contributed by atoms with Crippen molar-refractivity contribution in [3.8, 4) is 0 Å². The van der Waals surface area contributed by atoms with E-state index in [9.17, 15) is 8.42 Å². The molecule has 110 valence electrons. The highest BCUT2D eigenvalue weighted by Crippen LogP contribution is 2.20. The highest BCUT2D eigenvalue weighted by molar-refractivity contribution is 7.90. The molecule has 8 heteroatoms. The van der Waals surface area contributed by atoms with Crippen molar-refractivity contribution in [2.24, 2.45) is 5.73 Å². The van der Waals surface area contributed by atoms with Crippen molar-refractivity contribution < 1.29 is 17.7 Å². The second-order valence-corrected chi connectivity index (χ2v) is 6.63. The molecule has 0 aliphatic rings. The average molecular weight is 291 g/mol. The first-order valence-corrected chi connectivity index (χ1v) is 8.31. The normalized spacial score (nSPS) is 15.4. The number of hydrogen-bond acceptors (Lipinski definition) is 7. The zero-order valence-electron chi connectivity index (χ0n) is 11.5. The maximum atomic E-state index is 11.1. The molecule has 7 nitrogen and oxygen atoms in total. The maximum absolute atomic E-state index is 11.1. The molecule has 2 unspecified atom stereocenters. The zero-order valence-corrected chi connectivity index (χ0v) is 12.3. The SMILES string of the molecule is CCOC(CC)c1noc(C(N)CCS(C)(=O)=O)n1. The summed E-state index contributed by atoms with van der Waals surface area (Å²) in [4.78, 5) is 4.18. The summed E-state index contributed by atoms with van der Waals surface area (Å²) in [6.45, 7) is 4.41. The van der Waals surface area contributed by atoms with Crippen LogP contribution in [0.15, 0.2) is 4.52 Å². The van der Waals surface area contributed by atoms with Gasteiger partial charge in [-0.3, -0.25) is 0 Å². The van der Waals surface area contributed by atoms with E-state index in [2.05, 4.69) is 10.1 Å². The highest BCUT2D eigenvalue weighted by atomic mass is 32.2. The Morgan fingerprint density at radius 3 is 2.63 bits per heavy atom. The fraction of sp³-hybridized carbons (Fsp3) is 0.818. The Balaban J connectivity index is 2.67. The van der Waals surface area contributed by atoms with Crippen LogP contribution in [0.25, 0.3) is 0 Å². The number of hydrogen-bond donors (Lipinski definition) is 1. The summed E-state index contributed by atoms with van der Waals surface area (Å²) in [5, 5.41) is 3.83. The summed E-state index contributed by atoms with van der Waals surface area (Å²) in [7, 11) is -3.04. The predicted molar refractivity (Wildman–Crippen MR) is 70.2 cm³/mol. The number of sulfone groups is 1. The summed E-state index contributed by atoms with van der Waals surface area (Å²) in [6, 6.07) is -0.574. The molecule has 1 heterocycles. The first kappa shape index (κ1) is 16.1. The van der Waals surface area contributed by atoms with Crippen LogP contribution in [0.5, 0.6) is 0 Å². The largest absolute Gasteiger partial charge is 0.370 e. The minimum Gasteiger partial charge on any atom is -0.370 e. The van der Waals surface area contributed by atoms with Gasteiger partial charge in [-0.15, -0.1) is 0 Å². The van der Waals surface area contributed by atoms with Crippen molar-refractivity contribution in [3.05, 3.63) is 11.7 Å². The second kappa shape index (κ2) is 6.97. The lowest BCUT2D eigenvalue weighted by Gasteiger charge is -2.09. The van der Waals surface area contributed by atoms with Crippen LogP contribution in [0, 0.1) is 0 Å². The van der Waals surface area contributed by atoms with Crippen LogP contribution in [0.1, 0.15) is 50.6 Å². The van der Waals surface area contributed by atoms with E-state index in [0.29, 0.717) is 12.4 Å². The number of rotatable bonds is 8. The smallest absolute Gasteiger partial charge is 0.243 e. The van der Waals surface area contributed by atoms with Gasteiger partial charge in [0.25, 0.3) is 0 Å². The number of aromatic nitrogens is 2. The van der Waals surface area contributed by atoms with E-state index in [1.165, 1.54) is 6.26 Å². The first-order valence-electron chi connectivity index (χ1n) is 6.25. The quantitative estimate of drug-likeness (QED) is 0.760. The molecular formula is C11H21N3O4S. The Kier molecular flexibility index (Phi) is 5.89. The molecule has 0 radical (unpaired) electrons. The summed E-state index contributed by atoms with van der Waals surface area (Å²) in [6.07, 6.45) is 1.93. The summed E-state index contributed by atoms with van der Waals surface area (Å²) < 4.78 is 32.7. The molecular weight excluding hydrogens is 270 g/mol. The van der Waals surface area contributed by atoms with Crippen molar-refractivity contribution in [2.75, 3.05) is 18.6 Å². The first-order chi connectivity index (χ1) is 8.87. The van der Waals surface area contributed by atoms with Crippen LogP contribution in [0.3, 0.4) is 0 Å². The van der Waals surface area contributed by atoms with Crippen molar-refractivity contribution in [2.45, 2.75) is 38.8 Å². The van der Waals surface area contributed by atoms with Gasteiger partial charge in [0.2, 0.25) is 11.7 Å². The minimum atomic E-state index is -3.04. The van der Waals surface area contributed by atoms with Gasteiger partial charge in [0.15, 0.2) is 0 Å². The molecule has 0 saturated carbocycles. The average Bonchev–Trinajstić information content (AvgIpc) is 2.81. The number of nitrogens with two attached hydrogens (primary N) is 1. The third-order valence-corrected chi connectivity index (χ3v) is 3.58. The fourth-order valence-electron chi connectivity index (χ4n) is 1.57. The van der Waals surface area contributed by atoms with E-state index in [1.807, 2.05) is 13.8 Å². The van der Waals surface area contributed by atoms with Crippen LogP contribution in [-0.4, -0.2) is 37.2 Å². The van der Waals surface area contributed by atoms with Crippen molar-refractivity contribution >= 4 is 9.84 Å². The predicted octanol–water partition coefficient (Wildman–Crippen LogP) is 0.992. The molecule has 19 heavy (non-hydrogen) atoms. The van der Waals surface area contributed by atoms with E-state index < -0.39 is 15.9 Å². The van der Waals surface area contributed by atoms with E-state index >= 15 is 0 Å². The summed E-state index contributed by atoms with van der Waals surface area (Å²) in [5.74, 6) is 0.695. The zero-order chi connectivity index (χ0) is 14.5. The van der Waals surface area contributed by atoms with Crippen molar-refractivity contribution in [1.29, 1.82) is 0 Å². The van der Waals surface area contributed by atoms with Gasteiger partial charge in [0.05, 0.1) is 11.8 Å². The monoisotopic (exact) mass is 291 g/mol. The third kappa shape index (κ3) is 5.25. The van der Waals surface area contributed by atoms with Gasteiger partial charge in [-0.25, -0.2) is 8.42 Å². The molecule has 0 spiro atoms. The Hall–Kier alpha value is -0.990. The molecule has 0 aromatic carbocycles. The number of ether oxygens (including phenoxy) is 1. The lowest BCUT2D eigenvalue weighted by molar-refractivity contribution is 0.0518. The molecule has 0 saturated heterocycles. The van der Waals surface area contributed by atoms with Crippen LogP contribution in [0.4, 0.5) is 0 Å². The summed E-state index contributed by atoms with van der Waals surface area (Å²) >= 11 is 0. The fourth-order valence-corrected chi connectivity index (χ4v) is 2.25. The summed E-state index contributed by atoms with van der Waals surface area (Å²) in [5.41, 5.74) is 5.83. The van der Waals surface area contributed by atoms with E-state index in [0.717, 1.165) is 6.42 Å². The van der Waals surface area contributed by atoms with Crippen LogP contribution >= 0.6 is 0 Å². The minimum absolute atomic E-state index is 0.00541. The van der Waals surface area contributed by atoms with Crippen LogP contribution in [0.2, 0.25) is 0 Å². The molecule has 1 rings (SSSR count). The molecule has 1 aromatic heterocycles. The molecule has 0 amide bonds. The van der Waals surface area contributed by atoms with Gasteiger partial charge in [-0.05, 0) is 19.8 Å². The van der Waals surface area contributed by atoms with Gasteiger partial charge in [-0.1, -0.05) is 12.1 Å². The van der Waals surface area contributed by atoms with Gasteiger partial charge in [-0.2, -0.15) is 4.98 Å². The maximum Gasteiger partial charge on any atom is 0.243 e. The van der Waals surface area contributed by atoms with Crippen LogP contribution in [-0.2, 0) is 14.6 Å². The Labute approximate surface area is 113 Å². The molecule has 0 bridgehead atoms. The number of nitrogens with zero attached hydrogens (tertiary/aromatic N) is 2. The molecule has 0 aliphatic heterocycles. The second-order valence-electron chi connectivity index (χ2n) is 4.37. The Bertz CT molecular complexity index is 486. The molecule has 2 atom stereocenters. The topological polar surface area (TPSA) is 108 Å². The third-order valence-electron chi connectivity index (χ3n) is 2.60.